The SMILES string of the molecule is C=CCCC(=O)C1CCCC1C. The molecule has 1 fully saturated rings. The van der Waals surface area contributed by atoms with Gasteiger partial charge < -0.3 is 0 Å². The molecule has 0 amide bonds. The number of Topliss-reactive ketones (excluding diaryl/α,β-unsaturated/α-hetero) is 1. The summed E-state index contributed by atoms with van der Waals surface area (Å²) in [5, 5.41) is 0. The van der Waals surface area contributed by atoms with Gasteiger partial charge in [-0.2, -0.15) is 0 Å². The van der Waals surface area contributed by atoms with Crippen molar-refractivity contribution >= 4 is 5.78 Å². The Morgan fingerprint density at radius 1 is 1.58 bits per heavy atom. The highest BCUT2D eigenvalue weighted by Crippen LogP contribution is 2.32. The predicted octanol–water partition coefficient (Wildman–Crippen LogP) is 2.96. The van der Waals surface area contributed by atoms with Gasteiger partial charge in [-0.3, -0.25) is 4.79 Å². The number of rotatable bonds is 4. The van der Waals surface area contributed by atoms with E-state index in [9.17, 15) is 4.79 Å². The zero-order chi connectivity index (χ0) is 8.97. The van der Waals surface area contributed by atoms with Crippen molar-refractivity contribution in [3.63, 3.8) is 0 Å². The van der Waals surface area contributed by atoms with Crippen molar-refractivity contribution in [1.29, 1.82) is 0 Å². The van der Waals surface area contributed by atoms with Crippen LogP contribution in [-0.4, -0.2) is 5.78 Å². The zero-order valence-electron chi connectivity index (χ0n) is 7.88. The summed E-state index contributed by atoms with van der Waals surface area (Å²) in [5.74, 6) is 1.45. The van der Waals surface area contributed by atoms with Gasteiger partial charge in [-0.25, -0.2) is 0 Å². The Labute approximate surface area is 74.9 Å². The van der Waals surface area contributed by atoms with Gasteiger partial charge in [-0.15, -0.1) is 6.58 Å². The van der Waals surface area contributed by atoms with Gasteiger partial charge in [0.05, 0.1) is 0 Å². The van der Waals surface area contributed by atoms with Crippen LogP contribution in [0, 0.1) is 11.8 Å². The molecule has 1 aliphatic carbocycles. The molecule has 68 valence electrons. The monoisotopic (exact) mass is 166 g/mol. The fraction of sp³-hybridized carbons (Fsp3) is 0.727. The summed E-state index contributed by atoms with van der Waals surface area (Å²) in [5.41, 5.74) is 0. The van der Waals surface area contributed by atoms with Crippen molar-refractivity contribution in [1.82, 2.24) is 0 Å². The standard InChI is InChI=1S/C11H18O/c1-3-4-8-11(12)10-7-5-6-9(10)2/h3,9-10H,1,4-8H2,2H3. The van der Waals surface area contributed by atoms with Crippen LogP contribution in [0.4, 0.5) is 0 Å². The molecule has 0 bridgehead atoms. The lowest BCUT2D eigenvalue weighted by atomic mass is 9.91. The Morgan fingerprint density at radius 3 is 2.83 bits per heavy atom. The van der Waals surface area contributed by atoms with E-state index in [2.05, 4.69) is 13.5 Å². The number of allylic oxidation sites excluding steroid dienone is 1. The summed E-state index contributed by atoms with van der Waals surface area (Å²) in [6, 6.07) is 0. The van der Waals surface area contributed by atoms with Crippen LogP contribution in [0.25, 0.3) is 0 Å². The van der Waals surface area contributed by atoms with Crippen LogP contribution in [0.5, 0.6) is 0 Å². The minimum Gasteiger partial charge on any atom is -0.299 e. The second kappa shape index (κ2) is 4.44. The maximum atomic E-state index is 11.6. The molecule has 0 aromatic carbocycles. The van der Waals surface area contributed by atoms with Crippen molar-refractivity contribution in [3.05, 3.63) is 12.7 Å². The predicted molar refractivity (Wildman–Crippen MR) is 50.9 cm³/mol. The molecule has 1 aliphatic rings. The highest BCUT2D eigenvalue weighted by Gasteiger charge is 2.28. The van der Waals surface area contributed by atoms with Gasteiger partial charge in [0.15, 0.2) is 0 Å². The molecule has 1 rings (SSSR count). The van der Waals surface area contributed by atoms with Crippen LogP contribution < -0.4 is 0 Å². The van der Waals surface area contributed by atoms with Gasteiger partial charge in [0.2, 0.25) is 0 Å². The van der Waals surface area contributed by atoms with E-state index < -0.39 is 0 Å². The third kappa shape index (κ3) is 2.20. The number of hydrogen-bond acceptors (Lipinski definition) is 1. The second-order valence-corrected chi connectivity index (χ2v) is 3.81. The summed E-state index contributed by atoms with van der Waals surface area (Å²) >= 11 is 0. The van der Waals surface area contributed by atoms with Gasteiger partial charge >= 0.3 is 0 Å². The Morgan fingerprint density at radius 2 is 2.33 bits per heavy atom. The lowest BCUT2D eigenvalue weighted by Gasteiger charge is -2.12. The molecule has 0 aromatic heterocycles. The largest absolute Gasteiger partial charge is 0.299 e. The molecule has 12 heavy (non-hydrogen) atoms. The molecule has 2 atom stereocenters. The molecule has 1 nitrogen and oxygen atoms in total. The minimum atomic E-state index is 0.366. The third-order valence-electron chi connectivity index (χ3n) is 2.87. The van der Waals surface area contributed by atoms with Crippen molar-refractivity contribution in [2.24, 2.45) is 11.8 Å². The Hall–Kier alpha value is -0.590. The Balaban J connectivity index is 2.35. The Kier molecular flexibility index (Phi) is 3.51. The number of ketones is 1. The van der Waals surface area contributed by atoms with E-state index in [1.54, 1.807) is 0 Å². The molecule has 2 unspecified atom stereocenters. The van der Waals surface area contributed by atoms with Gasteiger partial charge in [-0.05, 0) is 25.2 Å². The third-order valence-corrected chi connectivity index (χ3v) is 2.87. The molecule has 1 heteroatoms. The molecular weight excluding hydrogens is 148 g/mol. The van der Waals surface area contributed by atoms with Crippen LogP contribution in [-0.2, 0) is 4.79 Å². The molecule has 0 spiro atoms. The highest BCUT2D eigenvalue weighted by atomic mass is 16.1. The van der Waals surface area contributed by atoms with Crippen LogP contribution >= 0.6 is 0 Å². The molecule has 1 saturated carbocycles. The fourth-order valence-corrected chi connectivity index (χ4v) is 2.05. The molecule has 0 aromatic rings. The van der Waals surface area contributed by atoms with Gasteiger partial charge in [0, 0.05) is 12.3 Å². The van der Waals surface area contributed by atoms with Crippen molar-refractivity contribution < 1.29 is 4.79 Å². The first-order valence-electron chi connectivity index (χ1n) is 4.89. The first-order chi connectivity index (χ1) is 5.75. The maximum absolute atomic E-state index is 11.6. The number of hydrogen-bond donors (Lipinski definition) is 0. The summed E-state index contributed by atoms with van der Waals surface area (Å²) in [6.07, 6.45) is 6.99. The van der Waals surface area contributed by atoms with E-state index in [1.807, 2.05) is 6.08 Å². The average molecular weight is 166 g/mol. The molecule has 0 heterocycles. The van der Waals surface area contributed by atoms with E-state index in [4.69, 9.17) is 0 Å². The quantitative estimate of drug-likeness (QED) is 0.587. The maximum Gasteiger partial charge on any atom is 0.136 e. The molecular formula is C11H18O. The summed E-state index contributed by atoms with van der Waals surface area (Å²) in [6.45, 7) is 5.82. The van der Waals surface area contributed by atoms with Crippen LogP contribution in [0.2, 0.25) is 0 Å². The van der Waals surface area contributed by atoms with Gasteiger partial charge in [0.1, 0.15) is 5.78 Å². The van der Waals surface area contributed by atoms with Gasteiger partial charge in [0.25, 0.3) is 0 Å². The summed E-state index contributed by atoms with van der Waals surface area (Å²) in [4.78, 5) is 11.6. The van der Waals surface area contributed by atoms with E-state index in [0.29, 0.717) is 24.0 Å². The lowest BCUT2D eigenvalue weighted by Crippen LogP contribution is -2.16. The zero-order valence-corrected chi connectivity index (χ0v) is 7.88. The topological polar surface area (TPSA) is 17.1 Å². The lowest BCUT2D eigenvalue weighted by molar-refractivity contribution is -0.123. The summed E-state index contributed by atoms with van der Waals surface area (Å²) < 4.78 is 0. The average Bonchev–Trinajstić information content (AvgIpc) is 2.47. The van der Waals surface area contributed by atoms with Crippen molar-refractivity contribution in [3.8, 4) is 0 Å². The second-order valence-electron chi connectivity index (χ2n) is 3.81. The van der Waals surface area contributed by atoms with Crippen LogP contribution in [0.3, 0.4) is 0 Å². The highest BCUT2D eigenvalue weighted by molar-refractivity contribution is 5.81. The smallest absolute Gasteiger partial charge is 0.136 e. The van der Waals surface area contributed by atoms with E-state index in [-0.39, 0.29) is 0 Å². The van der Waals surface area contributed by atoms with Crippen LogP contribution in [0.15, 0.2) is 12.7 Å². The Bertz CT molecular complexity index is 172. The molecule has 0 radical (unpaired) electrons. The normalized spacial score (nSPS) is 28.8. The minimum absolute atomic E-state index is 0.366. The molecule has 0 N–H and O–H groups in total. The first kappa shape index (κ1) is 9.50. The first-order valence-corrected chi connectivity index (χ1v) is 4.89. The molecule has 0 saturated heterocycles. The molecule has 0 aliphatic heterocycles. The van der Waals surface area contributed by atoms with Crippen LogP contribution in [0.1, 0.15) is 39.0 Å². The van der Waals surface area contributed by atoms with E-state index in [0.717, 1.165) is 12.8 Å². The van der Waals surface area contributed by atoms with Crippen molar-refractivity contribution in [2.45, 2.75) is 39.0 Å². The number of carbonyl (C=O) groups excluding carboxylic acids is 1. The van der Waals surface area contributed by atoms with E-state index in [1.165, 1.54) is 12.8 Å². The number of carbonyl (C=O) groups is 1. The summed E-state index contributed by atoms with van der Waals surface area (Å²) in [7, 11) is 0. The van der Waals surface area contributed by atoms with E-state index >= 15 is 0 Å². The van der Waals surface area contributed by atoms with Gasteiger partial charge in [-0.1, -0.05) is 19.4 Å². The van der Waals surface area contributed by atoms with Crippen molar-refractivity contribution in [2.75, 3.05) is 0 Å². The fourth-order valence-electron chi connectivity index (χ4n) is 2.05.